The Hall–Kier alpha value is -1.92. The Kier molecular flexibility index (Phi) is 6.04. The second-order valence-electron chi connectivity index (χ2n) is 6.72. The van der Waals surface area contributed by atoms with Crippen LogP contribution in [-0.4, -0.2) is 73.6 Å². The van der Waals surface area contributed by atoms with E-state index in [-0.39, 0.29) is 17.9 Å². The Labute approximate surface area is 149 Å². The molecule has 2 aliphatic rings. The molecule has 6 nitrogen and oxygen atoms in total. The van der Waals surface area contributed by atoms with Gasteiger partial charge in [-0.1, -0.05) is 19.1 Å². The number of hydrogen-bond donors (Lipinski definition) is 1. The zero-order valence-corrected chi connectivity index (χ0v) is 14.9. The van der Waals surface area contributed by atoms with Crippen LogP contribution in [0.1, 0.15) is 29.3 Å². The van der Waals surface area contributed by atoms with Crippen molar-refractivity contribution in [2.45, 2.75) is 25.8 Å². The molecular formula is C19H27N3O3. The summed E-state index contributed by atoms with van der Waals surface area (Å²) >= 11 is 0. The molecule has 25 heavy (non-hydrogen) atoms. The molecule has 1 atom stereocenters. The smallest absolute Gasteiger partial charge is 0.251 e. The molecular weight excluding hydrogens is 318 g/mol. The van der Waals surface area contributed by atoms with Crippen LogP contribution >= 0.6 is 0 Å². The molecule has 2 aliphatic heterocycles. The highest BCUT2D eigenvalue weighted by molar-refractivity contribution is 5.95. The fourth-order valence-electron chi connectivity index (χ4n) is 3.33. The number of amides is 2. The van der Waals surface area contributed by atoms with Gasteiger partial charge in [-0.25, -0.2) is 0 Å². The minimum atomic E-state index is -0.101. The Morgan fingerprint density at radius 2 is 1.92 bits per heavy atom. The van der Waals surface area contributed by atoms with Crippen molar-refractivity contribution in [1.29, 1.82) is 0 Å². The van der Waals surface area contributed by atoms with Gasteiger partial charge in [0.1, 0.15) is 0 Å². The standard InChI is InChI=1S/C19H27N3O3/c1-2-15-3-5-16(6-4-15)19(24)20-17-13-18(23)22(14-17)8-7-21-9-11-25-12-10-21/h3-6,17H,2,7-14H2,1H3,(H,20,24)/t17-/m0/s1. The van der Waals surface area contributed by atoms with Crippen molar-refractivity contribution in [3.05, 3.63) is 35.4 Å². The summed E-state index contributed by atoms with van der Waals surface area (Å²) in [6, 6.07) is 7.55. The molecule has 2 fully saturated rings. The van der Waals surface area contributed by atoms with E-state index in [1.54, 1.807) is 0 Å². The van der Waals surface area contributed by atoms with Crippen LogP contribution in [0.3, 0.4) is 0 Å². The lowest BCUT2D eigenvalue weighted by Gasteiger charge is -2.28. The SMILES string of the molecule is CCc1ccc(C(=O)N[C@H]2CC(=O)N(CCN3CCOCC3)C2)cc1. The fourth-order valence-corrected chi connectivity index (χ4v) is 3.33. The lowest BCUT2D eigenvalue weighted by Crippen LogP contribution is -2.42. The van der Waals surface area contributed by atoms with Gasteiger partial charge in [-0.15, -0.1) is 0 Å². The number of rotatable bonds is 6. The minimum absolute atomic E-state index is 0.101. The van der Waals surface area contributed by atoms with Crippen molar-refractivity contribution in [3.8, 4) is 0 Å². The first kappa shape index (κ1) is 17.9. The van der Waals surface area contributed by atoms with Gasteiger partial charge in [0.15, 0.2) is 0 Å². The third kappa shape index (κ3) is 4.80. The molecule has 1 aromatic carbocycles. The quantitative estimate of drug-likeness (QED) is 0.833. The molecule has 0 unspecified atom stereocenters. The predicted octanol–water partition coefficient (Wildman–Crippen LogP) is 0.912. The van der Waals surface area contributed by atoms with E-state index in [1.807, 2.05) is 29.2 Å². The van der Waals surface area contributed by atoms with Crippen LogP contribution in [0.4, 0.5) is 0 Å². The van der Waals surface area contributed by atoms with Crippen molar-refractivity contribution in [1.82, 2.24) is 15.1 Å². The average molecular weight is 345 g/mol. The van der Waals surface area contributed by atoms with Crippen molar-refractivity contribution in [2.75, 3.05) is 45.9 Å². The lowest BCUT2D eigenvalue weighted by molar-refractivity contribution is -0.128. The van der Waals surface area contributed by atoms with Gasteiger partial charge in [0.05, 0.1) is 19.3 Å². The maximum absolute atomic E-state index is 12.4. The van der Waals surface area contributed by atoms with Gasteiger partial charge in [-0.2, -0.15) is 0 Å². The molecule has 0 radical (unpaired) electrons. The monoisotopic (exact) mass is 345 g/mol. The summed E-state index contributed by atoms with van der Waals surface area (Å²) in [5, 5.41) is 3.00. The highest BCUT2D eigenvalue weighted by Crippen LogP contribution is 2.13. The molecule has 3 rings (SSSR count). The van der Waals surface area contributed by atoms with E-state index in [4.69, 9.17) is 4.74 Å². The van der Waals surface area contributed by atoms with Crippen LogP contribution in [-0.2, 0) is 16.0 Å². The minimum Gasteiger partial charge on any atom is -0.379 e. The normalized spacial score (nSPS) is 21.6. The number of ether oxygens (including phenoxy) is 1. The Morgan fingerprint density at radius 1 is 1.20 bits per heavy atom. The second-order valence-corrected chi connectivity index (χ2v) is 6.72. The summed E-state index contributed by atoms with van der Waals surface area (Å²) in [6.45, 7) is 7.66. The maximum Gasteiger partial charge on any atom is 0.251 e. The van der Waals surface area contributed by atoms with Gasteiger partial charge in [0, 0.05) is 44.7 Å². The average Bonchev–Trinajstić information content (AvgIpc) is 3.00. The van der Waals surface area contributed by atoms with E-state index in [0.717, 1.165) is 45.8 Å². The number of nitrogens with zero attached hydrogens (tertiary/aromatic N) is 2. The molecule has 0 aliphatic carbocycles. The number of hydrogen-bond acceptors (Lipinski definition) is 4. The molecule has 2 amide bonds. The number of benzene rings is 1. The van der Waals surface area contributed by atoms with Gasteiger partial charge in [-0.3, -0.25) is 14.5 Å². The van der Waals surface area contributed by atoms with Gasteiger partial charge in [-0.05, 0) is 24.1 Å². The van der Waals surface area contributed by atoms with E-state index in [2.05, 4.69) is 17.1 Å². The van der Waals surface area contributed by atoms with Crippen LogP contribution in [0, 0.1) is 0 Å². The number of likely N-dealkylation sites (tertiary alicyclic amines) is 1. The highest BCUT2D eigenvalue weighted by atomic mass is 16.5. The first-order valence-electron chi connectivity index (χ1n) is 9.13. The van der Waals surface area contributed by atoms with E-state index >= 15 is 0 Å². The number of carbonyl (C=O) groups is 2. The summed E-state index contributed by atoms with van der Waals surface area (Å²) < 4.78 is 5.34. The van der Waals surface area contributed by atoms with E-state index in [9.17, 15) is 9.59 Å². The zero-order chi connectivity index (χ0) is 17.6. The number of nitrogens with one attached hydrogen (secondary N) is 1. The maximum atomic E-state index is 12.4. The lowest BCUT2D eigenvalue weighted by atomic mass is 10.1. The van der Waals surface area contributed by atoms with Crippen LogP contribution in [0.5, 0.6) is 0 Å². The van der Waals surface area contributed by atoms with Crippen molar-refractivity contribution in [3.63, 3.8) is 0 Å². The molecule has 1 aromatic rings. The van der Waals surface area contributed by atoms with Crippen molar-refractivity contribution >= 4 is 11.8 Å². The molecule has 1 N–H and O–H groups in total. The summed E-state index contributed by atoms with van der Waals surface area (Å²) in [6.07, 6.45) is 1.35. The molecule has 2 saturated heterocycles. The Morgan fingerprint density at radius 3 is 2.60 bits per heavy atom. The molecule has 0 spiro atoms. The first-order valence-corrected chi connectivity index (χ1v) is 9.13. The number of aryl methyl sites for hydroxylation is 1. The van der Waals surface area contributed by atoms with E-state index in [0.29, 0.717) is 18.5 Å². The number of carbonyl (C=O) groups excluding carboxylic acids is 2. The van der Waals surface area contributed by atoms with Crippen molar-refractivity contribution in [2.24, 2.45) is 0 Å². The van der Waals surface area contributed by atoms with Crippen LogP contribution in [0.25, 0.3) is 0 Å². The molecule has 0 bridgehead atoms. The van der Waals surface area contributed by atoms with E-state index < -0.39 is 0 Å². The summed E-state index contributed by atoms with van der Waals surface area (Å²) in [5.74, 6) is 0.0235. The van der Waals surface area contributed by atoms with E-state index in [1.165, 1.54) is 5.56 Å². The van der Waals surface area contributed by atoms with Crippen LogP contribution in [0.15, 0.2) is 24.3 Å². The molecule has 0 aromatic heterocycles. The van der Waals surface area contributed by atoms with Crippen LogP contribution < -0.4 is 5.32 Å². The second kappa shape index (κ2) is 8.45. The Balaban J connectivity index is 1.47. The third-order valence-electron chi connectivity index (χ3n) is 4.96. The summed E-state index contributed by atoms with van der Waals surface area (Å²) in [4.78, 5) is 28.7. The molecule has 0 saturated carbocycles. The summed E-state index contributed by atoms with van der Waals surface area (Å²) in [7, 11) is 0. The summed E-state index contributed by atoms with van der Waals surface area (Å²) in [5.41, 5.74) is 1.86. The highest BCUT2D eigenvalue weighted by Gasteiger charge is 2.30. The fraction of sp³-hybridized carbons (Fsp3) is 0.579. The van der Waals surface area contributed by atoms with Crippen LogP contribution in [0.2, 0.25) is 0 Å². The van der Waals surface area contributed by atoms with Gasteiger partial charge >= 0.3 is 0 Å². The van der Waals surface area contributed by atoms with Gasteiger partial charge in [0.2, 0.25) is 5.91 Å². The largest absolute Gasteiger partial charge is 0.379 e. The van der Waals surface area contributed by atoms with Gasteiger partial charge in [0.25, 0.3) is 5.91 Å². The van der Waals surface area contributed by atoms with Gasteiger partial charge < -0.3 is 15.0 Å². The zero-order valence-electron chi connectivity index (χ0n) is 14.9. The molecule has 6 heteroatoms. The number of morpholine rings is 1. The molecule has 136 valence electrons. The predicted molar refractivity (Wildman–Crippen MR) is 95.5 cm³/mol. The first-order chi connectivity index (χ1) is 12.2. The van der Waals surface area contributed by atoms with Crippen molar-refractivity contribution < 1.29 is 14.3 Å². The molecule has 2 heterocycles. The third-order valence-corrected chi connectivity index (χ3v) is 4.96. The topological polar surface area (TPSA) is 61.9 Å². The Bertz CT molecular complexity index is 596.